The molecule has 0 aliphatic rings. The molecule has 2 nitrogen and oxygen atoms in total. The molecule has 0 aliphatic carbocycles. The summed E-state index contributed by atoms with van der Waals surface area (Å²) in [6, 6.07) is 1.74. The predicted octanol–water partition coefficient (Wildman–Crippen LogP) is 2.85. The molecule has 0 spiro atoms. The van der Waals surface area contributed by atoms with E-state index in [4.69, 9.17) is 29.8 Å². The fourth-order valence-electron chi connectivity index (χ4n) is 0.783. The number of nitrogens with zero attached hydrogens (tertiary/aromatic N) is 2. The fraction of sp³-hybridized carbons (Fsp3) is 0.250. The van der Waals surface area contributed by atoms with Crippen LogP contribution < -0.4 is 0 Å². The van der Waals surface area contributed by atoms with Crippen molar-refractivity contribution in [1.82, 2.24) is 4.98 Å². The summed E-state index contributed by atoms with van der Waals surface area (Å²) >= 11 is 11.3. The fourth-order valence-corrected chi connectivity index (χ4v) is 1.07. The van der Waals surface area contributed by atoms with Gasteiger partial charge in [0.2, 0.25) is 6.54 Å². The minimum atomic E-state index is 0.309. The lowest BCUT2D eigenvalue weighted by molar-refractivity contribution is 1.06. The SMILES string of the molecule is [C-]#[N+]CCc1cnc(Cl)c(Cl)c1. The Hall–Kier alpha value is -0.780. The minimum Gasteiger partial charge on any atom is -0.317 e. The maximum Gasteiger partial charge on any atom is 0.218 e. The quantitative estimate of drug-likeness (QED) is 0.531. The van der Waals surface area contributed by atoms with Crippen LogP contribution >= 0.6 is 23.2 Å². The second-order valence-corrected chi connectivity index (χ2v) is 3.01. The zero-order chi connectivity index (χ0) is 8.97. The van der Waals surface area contributed by atoms with Crippen molar-refractivity contribution in [2.24, 2.45) is 0 Å². The van der Waals surface area contributed by atoms with E-state index in [-0.39, 0.29) is 0 Å². The number of hydrogen-bond donors (Lipinski definition) is 0. The van der Waals surface area contributed by atoms with Crippen LogP contribution in [0.4, 0.5) is 0 Å². The highest BCUT2D eigenvalue weighted by Crippen LogP contribution is 2.19. The second kappa shape index (κ2) is 4.30. The first-order valence-corrected chi connectivity index (χ1v) is 4.13. The van der Waals surface area contributed by atoms with Crippen LogP contribution in [0.3, 0.4) is 0 Å². The summed E-state index contributed by atoms with van der Waals surface area (Å²) < 4.78 is 0. The largest absolute Gasteiger partial charge is 0.317 e. The Bertz CT molecular complexity index is 317. The smallest absolute Gasteiger partial charge is 0.218 e. The van der Waals surface area contributed by atoms with Crippen molar-refractivity contribution in [2.75, 3.05) is 6.54 Å². The number of pyridine rings is 1. The van der Waals surface area contributed by atoms with E-state index >= 15 is 0 Å². The first-order chi connectivity index (χ1) is 5.74. The van der Waals surface area contributed by atoms with Crippen molar-refractivity contribution in [1.29, 1.82) is 0 Å². The molecule has 4 heteroatoms. The van der Waals surface area contributed by atoms with Crippen LogP contribution in [-0.4, -0.2) is 11.5 Å². The number of hydrogen-bond acceptors (Lipinski definition) is 1. The third-order valence-corrected chi connectivity index (χ3v) is 2.05. The van der Waals surface area contributed by atoms with Crippen molar-refractivity contribution in [2.45, 2.75) is 6.42 Å². The van der Waals surface area contributed by atoms with Crippen molar-refractivity contribution < 1.29 is 0 Å². The Morgan fingerprint density at radius 1 is 1.50 bits per heavy atom. The molecular formula is C8H6Cl2N2. The highest BCUT2D eigenvalue weighted by molar-refractivity contribution is 6.41. The lowest BCUT2D eigenvalue weighted by atomic mass is 10.2. The molecule has 1 rings (SSSR count). The first-order valence-electron chi connectivity index (χ1n) is 3.37. The molecule has 0 saturated carbocycles. The molecule has 0 amide bonds. The summed E-state index contributed by atoms with van der Waals surface area (Å²) in [5.74, 6) is 0. The number of halogens is 2. The average molecular weight is 201 g/mol. The summed E-state index contributed by atoms with van der Waals surface area (Å²) in [6.45, 7) is 7.05. The van der Waals surface area contributed by atoms with E-state index in [0.29, 0.717) is 23.1 Å². The normalized spacial score (nSPS) is 9.42. The number of aromatic nitrogens is 1. The molecule has 12 heavy (non-hydrogen) atoms. The molecule has 0 unspecified atom stereocenters. The summed E-state index contributed by atoms with van der Waals surface area (Å²) in [7, 11) is 0. The Balaban J connectivity index is 2.77. The predicted molar refractivity (Wildman–Crippen MR) is 49.4 cm³/mol. The standard InChI is InChI=1S/C8H6Cl2N2/c1-11-3-2-6-4-7(9)8(10)12-5-6/h4-5H,2-3H2. The van der Waals surface area contributed by atoms with E-state index in [2.05, 4.69) is 9.83 Å². The van der Waals surface area contributed by atoms with Crippen molar-refractivity contribution >= 4 is 23.2 Å². The highest BCUT2D eigenvalue weighted by Gasteiger charge is 2.01. The molecule has 62 valence electrons. The van der Waals surface area contributed by atoms with Crippen LogP contribution in [0.15, 0.2) is 12.3 Å². The number of rotatable bonds is 2. The van der Waals surface area contributed by atoms with Gasteiger partial charge in [-0.2, -0.15) is 0 Å². The van der Waals surface area contributed by atoms with Crippen molar-refractivity contribution in [3.8, 4) is 0 Å². The summed E-state index contributed by atoms with van der Waals surface area (Å²) in [5, 5.41) is 0.752. The van der Waals surface area contributed by atoms with E-state index in [9.17, 15) is 0 Å². The lowest BCUT2D eigenvalue weighted by Gasteiger charge is -1.97. The topological polar surface area (TPSA) is 17.2 Å². The maximum absolute atomic E-state index is 6.59. The monoisotopic (exact) mass is 200 g/mol. The van der Waals surface area contributed by atoms with Gasteiger partial charge in [0.05, 0.1) is 5.02 Å². The first kappa shape index (κ1) is 9.31. The van der Waals surface area contributed by atoms with Gasteiger partial charge in [0.15, 0.2) is 0 Å². The molecule has 1 heterocycles. The summed E-state index contributed by atoms with van der Waals surface area (Å²) in [5.41, 5.74) is 0.945. The van der Waals surface area contributed by atoms with Crippen LogP contribution in [0.2, 0.25) is 10.2 Å². The molecule has 0 radical (unpaired) electrons. The van der Waals surface area contributed by atoms with Crippen molar-refractivity contribution in [3.63, 3.8) is 0 Å². The Morgan fingerprint density at radius 2 is 2.25 bits per heavy atom. The zero-order valence-electron chi connectivity index (χ0n) is 6.22. The van der Waals surface area contributed by atoms with Gasteiger partial charge in [-0.15, -0.1) is 0 Å². The van der Waals surface area contributed by atoms with Gasteiger partial charge >= 0.3 is 0 Å². The third kappa shape index (κ3) is 2.37. The van der Waals surface area contributed by atoms with Gasteiger partial charge in [0, 0.05) is 12.6 Å². The lowest BCUT2D eigenvalue weighted by Crippen LogP contribution is -1.89. The molecule has 0 bridgehead atoms. The van der Waals surface area contributed by atoms with Crippen LogP contribution in [0.1, 0.15) is 5.56 Å². The van der Waals surface area contributed by atoms with E-state index < -0.39 is 0 Å². The molecule has 0 saturated heterocycles. The molecule has 0 aliphatic heterocycles. The van der Waals surface area contributed by atoms with Gasteiger partial charge in [0.1, 0.15) is 5.15 Å². The van der Waals surface area contributed by atoms with Crippen molar-refractivity contribution in [3.05, 3.63) is 39.4 Å². The third-order valence-electron chi connectivity index (χ3n) is 1.37. The molecule has 0 atom stereocenters. The van der Waals surface area contributed by atoms with Gasteiger partial charge in [0.25, 0.3) is 0 Å². The molecule has 0 aromatic carbocycles. The summed E-state index contributed by atoms with van der Waals surface area (Å²) in [6.07, 6.45) is 2.31. The molecule has 0 N–H and O–H groups in total. The van der Waals surface area contributed by atoms with Crippen LogP contribution in [0.25, 0.3) is 4.85 Å². The molecular weight excluding hydrogens is 195 g/mol. The maximum atomic E-state index is 6.59. The van der Waals surface area contributed by atoms with Crippen LogP contribution in [0, 0.1) is 6.57 Å². The van der Waals surface area contributed by atoms with Gasteiger partial charge in [-0.25, -0.2) is 11.6 Å². The van der Waals surface area contributed by atoms with E-state index in [0.717, 1.165) is 5.56 Å². The highest BCUT2D eigenvalue weighted by atomic mass is 35.5. The minimum absolute atomic E-state index is 0.309. The van der Waals surface area contributed by atoms with E-state index in [1.807, 2.05) is 0 Å². The van der Waals surface area contributed by atoms with Gasteiger partial charge in [-0.3, -0.25) is 0 Å². The summed E-state index contributed by atoms with van der Waals surface area (Å²) in [4.78, 5) is 7.09. The van der Waals surface area contributed by atoms with Gasteiger partial charge in [-0.05, 0) is 11.6 Å². The molecule has 0 fully saturated rings. The zero-order valence-corrected chi connectivity index (χ0v) is 7.73. The Morgan fingerprint density at radius 3 is 2.83 bits per heavy atom. The van der Waals surface area contributed by atoms with E-state index in [1.165, 1.54) is 0 Å². The van der Waals surface area contributed by atoms with E-state index in [1.54, 1.807) is 12.3 Å². The van der Waals surface area contributed by atoms with Crippen LogP contribution in [0.5, 0.6) is 0 Å². The molecule has 1 aromatic rings. The van der Waals surface area contributed by atoms with Gasteiger partial charge in [-0.1, -0.05) is 23.2 Å². The molecule has 1 aromatic heterocycles. The Kier molecular flexibility index (Phi) is 3.33. The Labute approximate surface area is 81.0 Å². The average Bonchev–Trinajstić information content (AvgIpc) is 2.07. The second-order valence-electron chi connectivity index (χ2n) is 2.25. The van der Waals surface area contributed by atoms with Crippen LogP contribution in [-0.2, 0) is 6.42 Å². The van der Waals surface area contributed by atoms with Gasteiger partial charge < -0.3 is 4.85 Å².